The van der Waals surface area contributed by atoms with Gasteiger partial charge in [-0.3, -0.25) is 9.59 Å². The van der Waals surface area contributed by atoms with Gasteiger partial charge in [0.05, 0.1) is 5.69 Å². The molecule has 0 unspecified atom stereocenters. The third kappa shape index (κ3) is 2.78. The monoisotopic (exact) mass is 344 g/mol. The number of benzene rings is 2. The molecule has 0 spiro atoms. The van der Waals surface area contributed by atoms with Gasteiger partial charge in [0.25, 0.3) is 11.8 Å². The topological polar surface area (TPSA) is 49.4 Å². The molecule has 2 aromatic carbocycles. The third-order valence-corrected chi connectivity index (χ3v) is 4.10. The van der Waals surface area contributed by atoms with Gasteiger partial charge in [-0.1, -0.05) is 36.7 Å². The number of halogens is 2. The number of imide groups is 1. The zero-order chi connectivity index (χ0) is 17.3. The number of hydrogen-bond donors (Lipinski definition) is 1. The van der Waals surface area contributed by atoms with Crippen LogP contribution < -0.4 is 10.2 Å². The highest BCUT2D eigenvalue weighted by Gasteiger charge is 2.39. The smallest absolute Gasteiger partial charge is 0.283 e. The Hall–Kier alpha value is -2.66. The van der Waals surface area contributed by atoms with Crippen molar-refractivity contribution in [2.24, 2.45) is 0 Å². The highest BCUT2D eigenvalue weighted by atomic mass is 35.5. The molecule has 0 aromatic heterocycles. The van der Waals surface area contributed by atoms with Crippen LogP contribution in [0, 0.1) is 5.82 Å². The summed E-state index contributed by atoms with van der Waals surface area (Å²) < 4.78 is 13.0. The quantitative estimate of drug-likeness (QED) is 0.858. The molecule has 0 fully saturated rings. The lowest BCUT2D eigenvalue weighted by Gasteiger charge is -2.18. The average Bonchev–Trinajstić information content (AvgIpc) is 2.80. The highest BCUT2D eigenvalue weighted by Crippen LogP contribution is 2.32. The Bertz CT molecular complexity index is 846. The highest BCUT2D eigenvalue weighted by molar-refractivity contribution is 6.53. The number of aryl methyl sites for hydroxylation is 1. The van der Waals surface area contributed by atoms with Gasteiger partial charge in [-0.05, 0) is 42.3 Å². The van der Waals surface area contributed by atoms with Crippen LogP contribution in [0.5, 0.6) is 0 Å². The Labute approximate surface area is 143 Å². The summed E-state index contributed by atoms with van der Waals surface area (Å²) in [4.78, 5) is 26.2. The molecule has 1 N–H and O–H groups in total. The molecule has 3 rings (SSSR count). The molecule has 24 heavy (non-hydrogen) atoms. The van der Waals surface area contributed by atoms with Crippen LogP contribution in [0.25, 0.3) is 0 Å². The number of hydrogen-bond acceptors (Lipinski definition) is 3. The van der Waals surface area contributed by atoms with E-state index in [9.17, 15) is 14.0 Å². The van der Waals surface area contributed by atoms with Crippen molar-refractivity contribution in [3.8, 4) is 0 Å². The summed E-state index contributed by atoms with van der Waals surface area (Å²) in [5.41, 5.74) is 1.84. The molecule has 1 heterocycles. The summed E-state index contributed by atoms with van der Waals surface area (Å²) in [6.07, 6.45) is 0.672. The number of carbonyl (C=O) groups is 2. The molecule has 6 heteroatoms. The minimum atomic E-state index is -0.577. The van der Waals surface area contributed by atoms with Gasteiger partial charge in [0.2, 0.25) is 0 Å². The molecule has 4 nitrogen and oxygen atoms in total. The predicted octanol–water partition coefficient (Wildman–Crippen LogP) is 3.82. The molecular weight excluding hydrogens is 331 g/mol. The zero-order valence-corrected chi connectivity index (χ0v) is 13.6. The standard InChI is InChI=1S/C18H14ClFN2O2/c1-2-11-5-3-4-6-14(11)22-17(23)15(19)16(18(22)24)21-13-9-7-12(20)8-10-13/h3-10,21H,2H2,1H3. The van der Waals surface area contributed by atoms with Gasteiger partial charge in [0.1, 0.15) is 16.5 Å². The Morgan fingerprint density at radius 1 is 1.04 bits per heavy atom. The van der Waals surface area contributed by atoms with E-state index in [0.717, 1.165) is 10.5 Å². The SMILES string of the molecule is CCc1ccccc1N1C(=O)C(Cl)=C(Nc2ccc(F)cc2)C1=O. The first-order valence-electron chi connectivity index (χ1n) is 7.42. The molecule has 1 aliphatic heterocycles. The number of para-hydroxylation sites is 1. The lowest BCUT2D eigenvalue weighted by molar-refractivity contribution is -0.120. The number of nitrogens with one attached hydrogen (secondary N) is 1. The number of anilines is 2. The number of carbonyl (C=O) groups excluding carboxylic acids is 2. The predicted molar refractivity (Wildman–Crippen MR) is 91.2 cm³/mol. The molecular formula is C18H14ClFN2O2. The Balaban J connectivity index is 1.94. The van der Waals surface area contributed by atoms with E-state index in [1.807, 2.05) is 19.1 Å². The molecule has 0 bridgehead atoms. The molecule has 0 saturated carbocycles. The largest absolute Gasteiger partial charge is 0.350 e. The van der Waals surface area contributed by atoms with Crippen LogP contribution in [0.1, 0.15) is 12.5 Å². The molecule has 122 valence electrons. The second kappa shape index (κ2) is 6.45. The lowest BCUT2D eigenvalue weighted by Crippen LogP contribution is -2.33. The van der Waals surface area contributed by atoms with Crippen LogP contribution in [0.3, 0.4) is 0 Å². The summed E-state index contributed by atoms with van der Waals surface area (Å²) in [6, 6.07) is 12.6. The maximum Gasteiger partial charge on any atom is 0.283 e. The molecule has 0 saturated heterocycles. The van der Waals surface area contributed by atoms with Crippen LogP contribution in [-0.2, 0) is 16.0 Å². The fraction of sp³-hybridized carbons (Fsp3) is 0.111. The average molecular weight is 345 g/mol. The van der Waals surface area contributed by atoms with E-state index < -0.39 is 17.6 Å². The Morgan fingerprint density at radius 2 is 1.71 bits per heavy atom. The van der Waals surface area contributed by atoms with Crippen molar-refractivity contribution in [3.05, 3.63) is 70.6 Å². The third-order valence-electron chi connectivity index (χ3n) is 3.75. The van der Waals surface area contributed by atoms with Gasteiger partial charge >= 0.3 is 0 Å². The minimum absolute atomic E-state index is 0.0146. The van der Waals surface area contributed by atoms with Crippen LogP contribution >= 0.6 is 11.6 Å². The number of nitrogens with zero attached hydrogens (tertiary/aromatic N) is 1. The van der Waals surface area contributed by atoms with Crippen molar-refractivity contribution in [2.75, 3.05) is 10.2 Å². The van der Waals surface area contributed by atoms with Gasteiger partial charge in [-0.2, -0.15) is 0 Å². The summed E-state index contributed by atoms with van der Waals surface area (Å²) in [5.74, 6) is -1.50. The van der Waals surface area contributed by atoms with E-state index >= 15 is 0 Å². The second-order valence-corrected chi connectivity index (χ2v) is 5.63. The molecule has 2 amide bonds. The first-order chi connectivity index (χ1) is 11.5. The van der Waals surface area contributed by atoms with Gasteiger partial charge in [0, 0.05) is 5.69 Å². The number of amides is 2. The van der Waals surface area contributed by atoms with Crippen molar-refractivity contribution in [1.29, 1.82) is 0 Å². The zero-order valence-electron chi connectivity index (χ0n) is 12.8. The van der Waals surface area contributed by atoms with Gasteiger partial charge in [-0.15, -0.1) is 0 Å². The van der Waals surface area contributed by atoms with Gasteiger partial charge in [0.15, 0.2) is 0 Å². The fourth-order valence-electron chi connectivity index (χ4n) is 2.54. The van der Waals surface area contributed by atoms with E-state index in [2.05, 4.69) is 5.32 Å². The first-order valence-corrected chi connectivity index (χ1v) is 7.79. The Morgan fingerprint density at radius 3 is 2.38 bits per heavy atom. The first kappa shape index (κ1) is 16.2. The summed E-state index contributed by atoms with van der Waals surface area (Å²) in [5, 5.41) is 2.62. The van der Waals surface area contributed by atoms with Gasteiger partial charge in [-0.25, -0.2) is 9.29 Å². The van der Waals surface area contributed by atoms with Crippen molar-refractivity contribution < 1.29 is 14.0 Å². The van der Waals surface area contributed by atoms with E-state index in [4.69, 9.17) is 11.6 Å². The minimum Gasteiger partial charge on any atom is -0.350 e. The van der Waals surface area contributed by atoms with E-state index in [1.165, 1.54) is 24.3 Å². The Kier molecular flexibility index (Phi) is 4.36. The molecule has 0 aliphatic carbocycles. The van der Waals surface area contributed by atoms with Crippen molar-refractivity contribution >= 4 is 34.8 Å². The van der Waals surface area contributed by atoms with E-state index in [0.29, 0.717) is 17.8 Å². The molecule has 0 atom stereocenters. The summed E-state index contributed by atoms with van der Waals surface area (Å²) >= 11 is 6.08. The normalized spacial score (nSPS) is 14.5. The van der Waals surface area contributed by atoms with Crippen LogP contribution in [0.15, 0.2) is 59.3 Å². The lowest BCUT2D eigenvalue weighted by atomic mass is 10.1. The second-order valence-electron chi connectivity index (χ2n) is 5.25. The summed E-state index contributed by atoms with van der Waals surface area (Å²) in [6.45, 7) is 1.94. The van der Waals surface area contributed by atoms with Crippen LogP contribution in [0.2, 0.25) is 0 Å². The van der Waals surface area contributed by atoms with Crippen LogP contribution in [-0.4, -0.2) is 11.8 Å². The van der Waals surface area contributed by atoms with E-state index in [1.54, 1.807) is 12.1 Å². The maximum absolute atomic E-state index is 13.0. The molecule has 2 aromatic rings. The van der Waals surface area contributed by atoms with Crippen LogP contribution in [0.4, 0.5) is 15.8 Å². The maximum atomic E-state index is 13.0. The molecule has 0 radical (unpaired) electrons. The van der Waals surface area contributed by atoms with Crippen molar-refractivity contribution in [2.45, 2.75) is 13.3 Å². The van der Waals surface area contributed by atoms with Crippen molar-refractivity contribution in [1.82, 2.24) is 0 Å². The number of rotatable bonds is 4. The fourth-order valence-corrected chi connectivity index (χ4v) is 2.75. The van der Waals surface area contributed by atoms with E-state index in [-0.39, 0.29) is 10.7 Å². The van der Waals surface area contributed by atoms with Gasteiger partial charge < -0.3 is 5.32 Å². The summed E-state index contributed by atoms with van der Waals surface area (Å²) in [7, 11) is 0. The van der Waals surface area contributed by atoms with Crippen molar-refractivity contribution in [3.63, 3.8) is 0 Å². The molecule has 1 aliphatic rings.